The maximum Gasteiger partial charge on any atom is 0.354 e. The van der Waals surface area contributed by atoms with E-state index in [2.05, 4.69) is 11.9 Å². The van der Waals surface area contributed by atoms with Crippen molar-refractivity contribution in [2.75, 3.05) is 0 Å². The van der Waals surface area contributed by atoms with Gasteiger partial charge >= 0.3 is 5.97 Å². The van der Waals surface area contributed by atoms with Crippen LogP contribution in [0.4, 0.5) is 0 Å². The zero-order chi connectivity index (χ0) is 15.1. The lowest BCUT2D eigenvalue weighted by molar-refractivity contribution is -0.141. The number of carbonyl (C=O) groups excluding carboxylic acids is 2. The van der Waals surface area contributed by atoms with Crippen LogP contribution < -0.4 is 0 Å². The summed E-state index contributed by atoms with van der Waals surface area (Å²) in [7, 11) is 0. The number of imide groups is 1. The highest BCUT2D eigenvalue weighted by Crippen LogP contribution is 2.43. The molecule has 1 aliphatic carbocycles. The van der Waals surface area contributed by atoms with Gasteiger partial charge in [0.15, 0.2) is 0 Å². The standard InChI is InChI=1S/C15H16N2O4/c1-8-4-10-11(5-8)14(19)17(13(10)18)7-9-2-3-12(15(20)21)16-6-9/h2-3,6,8,10-11H,4-5,7H2,1H3,(H,20,21). The van der Waals surface area contributed by atoms with Crippen LogP contribution >= 0.6 is 0 Å². The average Bonchev–Trinajstić information content (AvgIpc) is 2.93. The van der Waals surface area contributed by atoms with Crippen LogP contribution in [-0.4, -0.2) is 32.8 Å². The zero-order valence-corrected chi connectivity index (χ0v) is 11.7. The molecule has 2 unspecified atom stereocenters. The molecule has 1 aromatic heterocycles. The highest BCUT2D eigenvalue weighted by Gasteiger charge is 2.51. The first-order valence-electron chi connectivity index (χ1n) is 7.01. The van der Waals surface area contributed by atoms with Crippen molar-refractivity contribution >= 4 is 17.8 Å². The zero-order valence-electron chi connectivity index (χ0n) is 11.7. The van der Waals surface area contributed by atoms with Gasteiger partial charge in [0.25, 0.3) is 0 Å². The van der Waals surface area contributed by atoms with E-state index in [-0.39, 0.29) is 35.9 Å². The molecule has 21 heavy (non-hydrogen) atoms. The molecule has 6 heteroatoms. The van der Waals surface area contributed by atoms with Crippen LogP contribution in [-0.2, 0) is 16.1 Å². The first kappa shape index (κ1) is 13.7. The second kappa shape index (κ2) is 4.95. The largest absolute Gasteiger partial charge is 0.477 e. The van der Waals surface area contributed by atoms with Gasteiger partial charge in [0, 0.05) is 6.20 Å². The quantitative estimate of drug-likeness (QED) is 0.847. The van der Waals surface area contributed by atoms with E-state index in [9.17, 15) is 14.4 Å². The summed E-state index contributed by atoms with van der Waals surface area (Å²) in [5, 5.41) is 8.80. The summed E-state index contributed by atoms with van der Waals surface area (Å²) in [6.07, 6.45) is 2.96. The SMILES string of the molecule is CC1CC2C(=O)N(Cc3ccc(C(=O)O)nc3)C(=O)C2C1. The number of carboxylic acid groups (broad SMARTS) is 1. The molecule has 2 heterocycles. The van der Waals surface area contributed by atoms with Crippen molar-refractivity contribution in [1.29, 1.82) is 0 Å². The van der Waals surface area contributed by atoms with Crippen molar-refractivity contribution in [3.8, 4) is 0 Å². The highest BCUT2D eigenvalue weighted by atomic mass is 16.4. The number of carboxylic acids is 1. The number of pyridine rings is 1. The molecule has 0 spiro atoms. The van der Waals surface area contributed by atoms with Gasteiger partial charge < -0.3 is 5.11 Å². The van der Waals surface area contributed by atoms with Gasteiger partial charge in [-0.15, -0.1) is 0 Å². The third-order valence-electron chi connectivity index (χ3n) is 4.35. The summed E-state index contributed by atoms with van der Waals surface area (Å²) in [6.45, 7) is 2.24. The Kier molecular flexibility index (Phi) is 3.23. The number of hydrogen-bond donors (Lipinski definition) is 1. The fourth-order valence-corrected chi connectivity index (χ4v) is 3.33. The van der Waals surface area contributed by atoms with Gasteiger partial charge in [-0.25, -0.2) is 9.78 Å². The van der Waals surface area contributed by atoms with Crippen molar-refractivity contribution in [2.45, 2.75) is 26.3 Å². The third kappa shape index (κ3) is 2.30. The van der Waals surface area contributed by atoms with E-state index in [0.717, 1.165) is 12.8 Å². The van der Waals surface area contributed by atoms with Crippen molar-refractivity contribution < 1.29 is 19.5 Å². The van der Waals surface area contributed by atoms with Crippen molar-refractivity contribution in [3.05, 3.63) is 29.6 Å². The summed E-state index contributed by atoms with van der Waals surface area (Å²) >= 11 is 0. The average molecular weight is 288 g/mol. The van der Waals surface area contributed by atoms with Gasteiger partial charge in [0.05, 0.1) is 18.4 Å². The summed E-state index contributed by atoms with van der Waals surface area (Å²) in [4.78, 5) is 40.5. The Hall–Kier alpha value is -2.24. The number of fused-ring (bicyclic) bond motifs is 1. The number of amides is 2. The van der Waals surface area contributed by atoms with Crippen LogP contribution in [0.1, 0.15) is 35.8 Å². The van der Waals surface area contributed by atoms with E-state index in [1.165, 1.54) is 17.2 Å². The lowest BCUT2D eigenvalue weighted by Gasteiger charge is -2.16. The van der Waals surface area contributed by atoms with E-state index in [4.69, 9.17) is 5.11 Å². The topological polar surface area (TPSA) is 87.6 Å². The van der Waals surface area contributed by atoms with E-state index in [0.29, 0.717) is 11.5 Å². The summed E-state index contributed by atoms with van der Waals surface area (Å²) in [6, 6.07) is 2.97. The molecule has 3 rings (SSSR count). The van der Waals surface area contributed by atoms with Crippen LogP contribution in [0, 0.1) is 17.8 Å². The molecule has 110 valence electrons. The van der Waals surface area contributed by atoms with Gasteiger partial charge in [-0.05, 0) is 30.4 Å². The first-order chi connectivity index (χ1) is 9.97. The van der Waals surface area contributed by atoms with E-state index >= 15 is 0 Å². The molecule has 2 atom stereocenters. The second-order valence-corrected chi connectivity index (χ2v) is 5.91. The first-order valence-corrected chi connectivity index (χ1v) is 7.01. The van der Waals surface area contributed by atoms with Gasteiger partial charge in [-0.2, -0.15) is 0 Å². The molecule has 2 fully saturated rings. The molecule has 2 aliphatic rings. The predicted molar refractivity (Wildman–Crippen MR) is 72.1 cm³/mol. The Morgan fingerprint density at radius 2 is 1.90 bits per heavy atom. The fraction of sp³-hybridized carbons (Fsp3) is 0.467. The monoisotopic (exact) mass is 288 g/mol. The molecule has 0 aromatic carbocycles. The van der Waals surface area contributed by atoms with E-state index in [1.807, 2.05) is 0 Å². The molecule has 1 aliphatic heterocycles. The van der Waals surface area contributed by atoms with Crippen molar-refractivity contribution in [1.82, 2.24) is 9.88 Å². The molecule has 2 amide bonds. The number of likely N-dealkylation sites (tertiary alicyclic amines) is 1. The van der Waals surface area contributed by atoms with Crippen molar-refractivity contribution in [3.63, 3.8) is 0 Å². The number of aromatic carboxylic acids is 1. The van der Waals surface area contributed by atoms with Gasteiger partial charge in [0.2, 0.25) is 11.8 Å². The molecule has 1 N–H and O–H groups in total. The normalized spacial score (nSPS) is 28.0. The minimum Gasteiger partial charge on any atom is -0.477 e. The maximum atomic E-state index is 12.3. The molecular formula is C15H16N2O4. The predicted octanol–water partition coefficient (Wildman–Crippen LogP) is 1.31. The van der Waals surface area contributed by atoms with Crippen LogP contribution in [0.25, 0.3) is 0 Å². The Bertz CT molecular complexity index is 587. The van der Waals surface area contributed by atoms with E-state index in [1.54, 1.807) is 6.07 Å². The molecule has 1 aromatic rings. The van der Waals surface area contributed by atoms with E-state index < -0.39 is 5.97 Å². The van der Waals surface area contributed by atoms with Crippen LogP contribution in [0.15, 0.2) is 18.3 Å². The highest BCUT2D eigenvalue weighted by molar-refractivity contribution is 6.05. The summed E-state index contributed by atoms with van der Waals surface area (Å²) < 4.78 is 0. The number of hydrogen-bond acceptors (Lipinski definition) is 4. The maximum absolute atomic E-state index is 12.3. The molecule has 1 saturated carbocycles. The molecule has 0 bridgehead atoms. The smallest absolute Gasteiger partial charge is 0.354 e. The molecule has 6 nitrogen and oxygen atoms in total. The van der Waals surface area contributed by atoms with Gasteiger partial charge in [-0.1, -0.05) is 13.0 Å². The number of nitrogens with zero attached hydrogens (tertiary/aromatic N) is 2. The Morgan fingerprint density at radius 3 is 2.38 bits per heavy atom. The van der Waals surface area contributed by atoms with Gasteiger partial charge in [-0.3, -0.25) is 14.5 Å². The molecule has 0 radical (unpaired) electrons. The minimum absolute atomic E-state index is 0.0523. The van der Waals surface area contributed by atoms with Gasteiger partial charge in [0.1, 0.15) is 5.69 Å². The van der Waals surface area contributed by atoms with Crippen LogP contribution in [0.5, 0.6) is 0 Å². The fourth-order valence-electron chi connectivity index (χ4n) is 3.33. The van der Waals surface area contributed by atoms with Crippen LogP contribution in [0.3, 0.4) is 0 Å². The Morgan fingerprint density at radius 1 is 1.29 bits per heavy atom. The Labute approximate surface area is 121 Å². The number of aromatic nitrogens is 1. The number of rotatable bonds is 3. The summed E-state index contributed by atoms with van der Waals surface area (Å²) in [5.74, 6) is -1.21. The lowest BCUT2D eigenvalue weighted by atomic mass is 10.00. The molecule has 1 saturated heterocycles. The lowest BCUT2D eigenvalue weighted by Crippen LogP contribution is -2.31. The Balaban J connectivity index is 1.75. The van der Waals surface area contributed by atoms with Crippen molar-refractivity contribution in [2.24, 2.45) is 17.8 Å². The second-order valence-electron chi connectivity index (χ2n) is 5.91. The third-order valence-corrected chi connectivity index (χ3v) is 4.35. The summed E-state index contributed by atoms with van der Waals surface area (Å²) in [5.41, 5.74) is 0.609. The molecular weight excluding hydrogens is 272 g/mol. The minimum atomic E-state index is -1.10. The number of carbonyl (C=O) groups is 3. The van der Waals surface area contributed by atoms with Crippen LogP contribution in [0.2, 0.25) is 0 Å².